The second kappa shape index (κ2) is 4.99. The Hall–Kier alpha value is -1.27. The summed E-state index contributed by atoms with van der Waals surface area (Å²) in [6.07, 6.45) is -2.69. The van der Waals surface area contributed by atoms with Gasteiger partial charge in [-0.15, -0.1) is 0 Å². The van der Waals surface area contributed by atoms with Gasteiger partial charge in [0.15, 0.2) is 0 Å². The average Bonchev–Trinajstić information content (AvgIpc) is 2.26. The summed E-state index contributed by atoms with van der Waals surface area (Å²) in [5.41, 5.74) is 5.36. The maximum Gasteiger partial charge on any atom is 0.264 e. The van der Waals surface area contributed by atoms with Gasteiger partial charge in [0.05, 0.1) is 19.4 Å². The zero-order valence-corrected chi connectivity index (χ0v) is 8.20. The first kappa shape index (κ1) is 11.8. The standard InChI is InChI=1S/C9H12F2N2O2/c1-15-8-2-5(9(10)11)6(4-14)7(3-12)13-8/h2,9,14H,3-4,12H2,1H3. The highest BCUT2D eigenvalue weighted by molar-refractivity contribution is 5.35. The fraction of sp³-hybridized carbons (Fsp3) is 0.444. The molecule has 0 aliphatic carbocycles. The molecule has 0 aliphatic rings. The molecule has 6 heteroatoms. The Balaban J connectivity index is 3.32. The molecule has 84 valence electrons. The zero-order chi connectivity index (χ0) is 11.4. The highest BCUT2D eigenvalue weighted by Crippen LogP contribution is 2.27. The normalized spacial score (nSPS) is 10.8. The third-order valence-electron chi connectivity index (χ3n) is 2.02. The highest BCUT2D eigenvalue weighted by Gasteiger charge is 2.18. The van der Waals surface area contributed by atoms with Crippen LogP contribution in [0.5, 0.6) is 5.88 Å². The smallest absolute Gasteiger partial charge is 0.264 e. The van der Waals surface area contributed by atoms with Crippen molar-refractivity contribution in [2.24, 2.45) is 5.73 Å². The number of hydrogen-bond acceptors (Lipinski definition) is 4. The molecule has 0 aliphatic heterocycles. The van der Waals surface area contributed by atoms with Crippen LogP contribution in [-0.2, 0) is 13.2 Å². The maximum atomic E-state index is 12.6. The molecule has 0 saturated heterocycles. The Morgan fingerprint density at radius 1 is 1.60 bits per heavy atom. The SMILES string of the molecule is COc1cc(C(F)F)c(CO)c(CN)n1. The largest absolute Gasteiger partial charge is 0.481 e. The van der Waals surface area contributed by atoms with Gasteiger partial charge < -0.3 is 15.6 Å². The van der Waals surface area contributed by atoms with Gasteiger partial charge in [-0.25, -0.2) is 13.8 Å². The fourth-order valence-corrected chi connectivity index (χ4v) is 1.27. The minimum atomic E-state index is -2.69. The van der Waals surface area contributed by atoms with Gasteiger partial charge in [0.25, 0.3) is 6.43 Å². The highest BCUT2D eigenvalue weighted by atomic mass is 19.3. The number of ether oxygens (including phenoxy) is 1. The number of nitrogens with two attached hydrogens (primary N) is 1. The van der Waals surface area contributed by atoms with Crippen LogP contribution in [0.4, 0.5) is 8.78 Å². The van der Waals surface area contributed by atoms with Crippen LogP contribution in [0.25, 0.3) is 0 Å². The quantitative estimate of drug-likeness (QED) is 0.790. The van der Waals surface area contributed by atoms with Crippen molar-refractivity contribution in [3.63, 3.8) is 0 Å². The lowest BCUT2D eigenvalue weighted by Gasteiger charge is -2.12. The predicted octanol–water partition coefficient (Wildman–Crippen LogP) is 0.979. The van der Waals surface area contributed by atoms with Crippen LogP contribution in [0.1, 0.15) is 23.2 Å². The van der Waals surface area contributed by atoms with Crippen LogP contribution in [0.2, 0.25) is 0 Å². The van der Waals surface area contributed by atoms with E-state index in [9.17, 15) is 8.78 Å². The molecule has 0 saturated carbocycles. The van der Waals surface area contributed by atoms with Crippen molar-refractivity contribution >= 4 is 0 Å². The number of aromatic nitrogens is 1. The lowest BCUT2D eigenvalue weighted by atomic mass is 10.1. The summed E-state index contributed by atoms with van der Waals surface area (Å²) < 4.78 is 30.0. The molecule has 0 aromatic carbocycles. The van der Waals surface area contributed by atoms with Crippen LogP contribution in [0.3, 0.4) is 0 Å². The topological polar surface area (TPSA) is 68.4 Å². The molecule has 0 spiro atoms. The second-order valence-electron chi connectivity index (χ2n) is 2.84. The number of alkyl halides is 2. The van der Waals surface area contributed by atoms with Crippen molar-refractivity contribution in [3.8, 4) is 5.88 Å². The number of aliphatic hydroxyl groups is 1. The van der Waals surface area contributed by atoms with Gasteiger partial charge in [-0.2, -0.15) is 0 Å². The number of rotatable bonds is 4. The van der Waals surface area contributed by atoms with Crippen molar-refractivity contribution in [1.82, 2.24) is 4.98 Å². The van der Waals surface area contributed by atoms with E-state index >= 15 is 0 Å². The summed E-state index contributed by atoms with van der Waals surface area (Å²) in [6, 6.07) is 1.11. The Bertz CT molecular complexity index is 345. The Morgan fingerprint density at radius 2 is 2.27 bits per heavy atom. The molecule has 4 nitrogen and oxygen atoms in total. The first-order chi connectivity index (χ1) is 7.13. The van der Waals surface area contributed by atoms with Gasteiger partial charge in [-0.05, 0) is 0 Å². The van der Waals surface area contributed by atoms with Crippen LogP contribution < -0.4 is 10.5 Å². The molecule has 0 fully saturated rings. The molecule has 1 aromatic heterocycles. The van der Waals surface area contributed by atoms with Crippen LogP contribution >= 0.6 is 0 Å². The Morgan fingerprint density at radius 3 is 2.67 bits per heavy atom. The van der Waals surface area contributed by atoms with Crippen LogP contribution in [-0.4, -0.2) is 17.2 Å². The summed E-state index contributed by atoms with van der Waals surface area (Å²) in [4.78, 5) is 3.88. The van der Waals surface area contributed by atoms with Crippen molar-refractivity contribution < 1.29 is 18.6 Å². The van der Waals surface area contributed by atoms with E-state index in [1.165, 1.54) is 7.11 Å². The molecule has 1 aromatic rings. The fourth-order valence-electron chi connectivity index (χ4n) is 1.27. The lowest BCUT2D eigenvalue weighted by molar-refractivity contribution is 0.146. The average molecular weight is 218 g/mol. The maximum absolute atomic E-state index is 12.6. The first-order valence-corrected chi connectivity index (χ1v) is 4.29. The van der Waals surface area contributed by atoms with Crippen molar-refractivity contribution in [3.05, 3.63) is 22.9 Å². The molecule has 1 rings (SSSR count). The van der Waals surface area contributed by atoms with E-state index < -0.39 is 13.0 Å². The number of halogens is 2. The van der Waals surface area contributed by atoms with Crippen LogP contribution in [0.15, 0.2) is 6.07 Å². The summed E-state index contributed by atoms with van der Waals surface area (Å²) in [5, 5.41) is 8.97. The molecule has 1 heterocycles. The third-order valence-corrected chi connectivity index (χ3v) is 2.02. The van der Waals surface area contributed by atoms with Gasteiger partial charge in [0, 0.05) is 23.7 Å². The van der Waals surface area contributed by atoms with Crippen molar-refractivity contribution in [2.75, 3.05) is 7.11 Å². The first-order valence-electron chi connectivity index (χ1n) is 4.29. The molecular weight excluding hydrogens is 206 g/mol. The number of pyridine rings is 1. The van der Waals surface area contributed by atoms with Crippen molar-refractivity contribution in [1.29, 1.82) is 0 Å². The molecule has 0 unspecified atom stereocenters. The van der Waals surface area contributed by atoms with E-state index in [1.807, 2.05) is 0 Å². The minimum absolute atomic E-state index is 0.0210. The third kappa shape index (κ3) is 2.40. The summed E-state index contributed by atoms with van der Waals surface area (Å²) in [7, 11) is 1.33. The molecular formula is C9H12F2N2O2. The molecule has 0 radical (unpaired) electrons. The number of methoxy groups -OCH3 is 1. The van der Waals surface area contributed by atoms with E-state index in [0.29, 0.717) is 0 Å². The Labute approximate surface area is 85.7 Å². The van der Waals surface area contributed by atoms with E-state index in [1.54, 1.807) is 0 Å². The van der Waals surface area contributed by atoms with Gasteiger partial charge in [0.2, 0.25) is 5.88 Å². The van der Waals surface area contributed by atoms with Gasteiger partial charge >= 0.3 is 0 Å². The van der Waals surface area contributed by atoms with Gasteiger partial charge in [-0.1, -0.05) is 0 Å². The van der Waals surface area contributed by atoms with Gasteiger partial charge in [-0.3, -0.25) is 0 Å². The number of nitrogens with zero attached hydrogens (tertiary/aromatic N) is 1. The monoisotopic (exact) mass is 218 g/mol. The number of aliphatic hydroxyl groups excluding tert-OH is 1. The van der Waals surface area contributed by atoms with Gasteiger partial charge in [0.1, 0.15) is 0 Å². The summed E-state index contributed by atoms with van der Waals surface area (Å²) in [5.74, 6) is 0.0722. The van der Waals surface area contributed by atoms with Crippen molar-refractivity contribution in [2.45, 2.75) is 19.6 Å². The predicted molar refractivity (Wildman–Crippen MR) is 49.6 cm³/mol. The van der Waals surface area contributed by atoms with E-state index in [-0.39, 0.29) is 29.2 Å². The van der Waals surface area contributed by atoms with E-state index in [4.69, 9.17) is 15.6 Å². The van der Waals surface area contributed by atoms with E-state index in [2.05, 4.69) is 4.98 Å². The number of hydrogen-bond donors (Lipinski definition) is 2. The molecule has 0 amide bonds. The molecule has 15 heavy (non-hydrogen) atoms. The summed E-state index contributed by atoms with van der Waals surface area (Å²) in [6.45, 7) is -0.532. The van der Waals surface area contributed by atoms with Crippen LogP contribution in [0, 0.1) is 0 Å². The minimum Gasteiger partial charge on any atom is -0.481 e. The lowest BCUT2D eigenvalue weighted by Crippen LogP contribution is -2.09. The molecule has 0 bridgehead atoms. The zero-order valence-electron chi connectivity index (χ0n) is 8.20. The Kier molecular flexibility index (Phi) is 3.93. The molecule has 3 N–H and O–H groups in total. The van der Waals surface area contributed by atoms with E-state index in [0.717, 1.165) is 6.07 Å². The molecule has 0 atom stereocenters. The second-order valence-corrected chi connectivity index (χ2v) is 2.84. The summed E-state index contributed by atoms with van der Waals surface area (Å²) >= 11 is 0.